The summed E-state index contributed by atoms with van der Waals surface area (Å²) in [4.78, 5) is 34.6. The van der Waals surface area contributed by atoms with E-state index in [1.807, 2.05) is 0 Å². The molecule has 0 atom stereocenters. The van der Waals surface area contributed by atoms with Crippen LogP contribution in [0.3, 0.4) is 0 Å². The summed E-state index contributed by atoms with van der Waals surface area (Å²) in [7, 11) is -9.69. The minimum atomic E-state index is -4.85. The van der Waals surface area contributed by atoms with Gasteiger partial charge in [0.25, 0.3) is 0 Å². The zero-order valence-electron chi connectivity index (χ0n) is 11.6. The Balaban J connectivity index is 3.98. The van der Waals surface area contributed by atoms with Crippen LogP contribution in [0.25, 0.3) is 0 Å². The molecule has 0 aromatic carbocycles. The van der Waals surface area contributed by atoms with E-state index in [0.29, 0.717) is 6.42 Å². The van der Waals surface area contributed by atoms with E-state index in [9.17, 15) is 9.13 Å². The van der Waals surface area contributed by atoms with E-state index in [2.05, 4.69) is 16.0 Å². The summed E-state index contributed by atoms with van der Waals surface area (Å²) in [6, 6.07) is 0. The fraction of sp³-hybridized carbons (Fsp3) is 1.00. The van der Waals surface area contributed by atoms with E-state index in [-0.39, 0.29) is 6.42 Å². The van der Waals surface area contributed by atoms with Crippen molar-refractivity contribution in [3.63, 3.8) is 0 Å². The van der Waals surface area contributed by atoms with Crippen molar-refractivity contribution < 1.29 is 37.8 Å². The summed E-state index contributed by atoms with van der Waals surface area (Å²) in [5.41, 5.74) is 0. The zero-order chi connectivity index (χ0) is 15.6. The summed E-state index contributed by atoms with van der Waals surface area (Å²) < 4.78 is 29.8. The lowest BCUT2D eigenvalue weighted by Gasteiger charge is -2.18. The van der Waals surface area contributed by atoms with Gasteiger partial charge in [0.1, 0.15) is 0 Å². The molecule has 8 nitrogen and oxygen atoms in total. The second kappa shape index (κ2) is 10.0. The summed E-state index contributed by atoms with van der Waals surface area (Å²) in [5.74, 6) is 0. The first kappa shape index (κ1) is 20.2. The van der Waals surface area contributed by atoms with E-state index in [0.717, 1.165) is 32.1 Å². The highest BCUT2D eigenvalue weighted by molar-refractivity contribution is 7.47. The molecular formula is C10H24O8P2. The van der Waals surface area contributed by atoms with Crippen molar-refractivity contribution >= 4 is 15.6 Å². The van der Waals surface area contributed by atoms with Gasteiger partial charge in [-0.05, 0) is 12.8 Å². The molecule has 122 valence electrons. The van der Waals surface area contributed by atoms with E-state index in [1.54, 1.807) is 0 Å². The number of hydrogen-bond donors (Lipinski definition) is 4. The minimum absolute atomic E-state index is 0.0179. The molecule has 0 aliphatic rings. The second-order valence-electron chi connectivity index (χ2n) is 4.53. The summed E-state index contributed by atoms with van der Waals surface area (Å²) in [6.07, 6.45) is 5.19. The summed E-state index contributed by atoms with van der Waals surface area (Å²) in [5, 5.41) is 0. The van der Waals surface area contributed by atoms with E-state index in [4.69, 9.17) is 19.6 Å². The van der Waals surface area contributed by atoms with Gasteiger partial charge in [-0.2, -0.15) is 0 Å². The van der Waals surface area contributed by atoms with Crippen LogP contribution in [0.1, 0.15) is 58.3 Å². The van der Waals surface area contributed by atoms with Gasteiger partial charge in [0.15, 0.2) is 6.29 Å². The van der Waals surface area contributed by atoms with Gasteiger partial charge < -0.3 is 19.6 Å². The van der Waals surface area contributed by atoms with Gasteiger partial charge in [-0.15, -0.1) is 0 Å². The molecule has 0 saturated carbocycles. The fourth-order valence-electron chi connectivity index (χ4n) is 1.70. The maximum absolute atomic E-state index is 10.7. The normalized spacial score (nSPS) is 13.1. The third kappa shape index (κ3) is 14.6. The van der Waals surface area contributed by atoms with E-state index in [1.165, 1.54) is 6.42 Å². The number of phosphoric acid groups is 2. The molecule has 0 spiro atoms. The van der Waals surface area contributed by atoms with Crippen LogP contribution in [-0.4, -0.2) is 25.9 Å². The second-order valence-corrected chi connectivity index (χ2v) is 6.92. The van der Waals surface area contributed by atoms with Crippen molar-refractivity contribution in [2.24, 2.45) is 0 Å². The molecule has 0 rings (SSSR count). The van der Waals surface area contributed by atoms with Crippen LogP contribution in [0.15, 0.2) is 0 Å². The van der Waals surface area contributed by atoms with Crippen molar-refractivity contribution in [3.8, 4) is 0 Å². The molecule has 0 fully saturated rings. The summed E-state index contributed by atoms with van der Waals surface area (Å²) in [6.45, 7) is 2.11. The highest BCUT2D eigenvalue weighted by Crippen LogP contribution is 2.45. The number of unbranched alkanes of at least 4 members (excludes halogenated alkanes) is 6. The first-order valence-corrected chi connectivity index (χ1v) is 9.68. The molecule has 0 aromatic heterocycles. The largest absolute Gasteiger partial charge is 0.471 e. The summed E-state index contributed by atoms with van der Waals surface area (Å²) >= 11 is 0. The van der Waals surface area contributed by atoms with Crippen LogP contribution in [0.5, 0.6) is 0 Å². The molecule has 0 unspecified atom stereocenters. The standard InChI is InChI=1S/C10H24O8P2/c1-2-3-4-5-6-7-8-9-10(17-19(11,12)13)18-20(14,15)16/h10H,2-9H2,1H3,(H2,11,12,13)(H2,14,15,16). The average molecular weight is 334 g/mol. The van der Waals surface area contributed by atoms with Gasteiger partial charge >= 0.3 is 15.6 Å². The van der Waals surface area contributed by atoms with Gasteiger partial charge in [-0.1, -0.05) is 45.4 Å². The van der Waals surface area contributed by atoms with Crippen molar-refractivity contribution in [1.29, 1.82) is 0 Å². The van der Waals surface area contributed by atoms with Crippen molar-refractivity contribution in [1.82, 2.24) is 0 Å². The van der Waals surface area contributed by atoms with Crippen LogP contribution in [0.2, 0.25) is 0 Å². The van der Waals surface area contributed by atoms with Crippen molar-refractivity contribution in [3.05, 3.63) is 0 Å². The molecule has 0 heterocycles. The highest BCUT2D eigenvalue weighted by Gasteiger charge is 2.28. The van der Waals surface area contributed by atoms with Crippen molar-refractivity contribution in [2.75, 3.05) is 0 Å². The topological polar surface area (TPSA) is 134 Å². The molecular weight excluding hydrogens is 310 g/mol. The Morgan fingerprint density at radius 2 is 1.20 bits per heavy atom. The van der Waals surface area contributed by atoms with Crippen LogP contribution in [-0.2, 0) is 18.2 Å². The monoisotopic (exact) mass is 334 g/mol. The molecule has 0 amide bonds. The number of phosphoric ester groups is 2. The van der Waals surface area contributed by atoms with Crippen LogP contribution >= 0.6 is 15.6 Å². The third-order valence-corrected chi connectivity index (χ3v) is 3.57. The molecule has 0 aliphatic carbocycles. The third-order valence-electron chi connectivity index (χ3n) is 2.55. The van der Waals surface area contributed by atoms with Gasteiger partial charge in [0, 0.05) is 0 Å². The number of hydrogen-bond acceptors (Lipinski definition) is 4. The van der Waals surface area contributed by atoms with E-state index < -0.39 is 21.9 Å². The first-order chi connectivity index (χ1) is 9.14. The Kier molecular flexibility index (Phi) is 10.1. The van der Waals surface area contributed by atoms with Crippen LogP contribution in [0.4, 0.5) is 0 Å². The lowest BCUT2D eigenvalue weighted by atomic mass is 10.1. The van der Waals surface area contributed by atoms with Crippen LogP contribution in [0, 0.1) is 0 Å². The van der Waals surface area contributed by atoms with Gasteiger partial charge in [-0.25, -0.2) is 9.13 Å². The highest BCUT2D eigenvalue weighted by atomic mass is 31.2. The molecule has 0 saturated heterocycles. The molecule has 20 heavy (non-hydrogen) atoms. The molecule has 0 radical (unpaired) electrons. The Hall–Kier alpha value is 0.220. The first-order valence-electron chi connectivity index (χ1n) is 6.62. The predicted octanol–water partition coefficient (Wildman–Crippen LogP) is 2.67. The SMILES string of the molecule is CCCCCCCCCC(OP(=O)(O)O)OP(=O)(O)O. The van der Waals surface area contributed by atoms with Gasteiger partial charge in [0.2, 0.25) is 0 Å². The van der Waals surface area contributed by atoms with Crippen LogP contribution < -0.4 is 0 Å². The quantitative estimate of drug-likeness (QED) is 0.243. The van der Waals surface area contributed by atoms with Gasteiger partial charge in [-0.3, -0.25) is 9.05 Å². The smallest absolute Gasteiger partial charge is 0.303 e. The minimum Gasteiger partial charge on any atom is -0.303 e. The van der Waals surface area contributed by atoms with Crippen molar-refractivity contribution in [2.45, 2.75) is 64.6 Å². The average Bonchev–Trinajstić information content (AvgIpc) is 2.23. The Labute approximate surface area is 119 Å². The molecule has 0 bridgehead atoms. The fourth-order valence-corrected chi connectivity index (χ4v) is 2.68. The molecule has 0 aromatic rings. The zero-order valence-corrected chi connectivity index (χ0v) is 13.3. The Morgan fingerprint density at radius 1 is 0.800 bits per heavy atom. The molecule has 4 N–H and O–H groups in total. The lowest BCUT2D eigenvalue weighted by Crippen LogP contribution is -2.14. The molecule has 10 heteroatoms. The predicted molar refractivity (Wildman–Crippen MR) is 72.7 cm³/mol. The Bertz CT molecular complexity index is 312. The number of rotatable bonds is 12. The van der Waals surface area contributed by atoms with Gasteiger partial charge in [0.05, 0.1) is 0 Å². The lowest BCUT2D eigenvalue weighted by molar-refractivity contribution is -0.0391. The molecule has 0 aliphatic heterocycles. The maximum Gasteiger partial charge on any atom is 0.471 e. The maximum atomic E-state index is 10.7. The van der Waals surface area contributed by atoms with E-state index >= 15 is 0 Å². The Morgan fingerprint density at radius 3 is 1.60 bits per heavy atom.